The lowest BCUT2D eigenvalue weighted by molar-refractivity contribution is -0.139. The number of nitrogens with zero attached hydrogens (tertiary/aromatic N) is 2. The van der Waals surface area contributed by atoms with Gasteiger partial charge in [0.15, 0.2) is 0 Å². The molecule has 1 N–H and O–H groups in total. The summed E-state index contributed by atoms with van der Waals surface area (Å²) in [5.41, 5.74) is 3.07. The molecule has 37 heavy (non-hydrogen) atoms. The molecule has 0 spiro atoms. The summed E-state index contributed by atoms with van der Waals surface area (Å²) in [6.45, 7) is 5.08. The maximum absolute atomic E-state index is 13.8. The van der Waals surface area contributed by atoms with Crippen molar-refractivity contribution >= 4 is 27.5 Å². The number of carbonyl (C=O) groups excluding carboxylic acids is 2. The molecule has 3 aromatic rings. The second kappa shape index (κ2) is 11.9. The lowest BCUT2D eigenvalue weighted by Crippen LogP contribution is -2.50. The number of benzene rings is 3. The number of sulfonamides is 1. The van der Waals surface area contributed by atoms with E-state index in [1.807, 2.05) is 38.1 Å². The number of likely N-dealkylation sites (N-methyl/N-ethyl adjacent to an activating group) is 1. The molecule has 0 bridgehead atoms. The van der Waals surface area contributed by atoms with Gasteiger partial charge in [-0.2, -0.15) is 0 Å². The third-order valence-corrected chi connectivity index (χ3v) is 7.90. The third-order valence-electron chi connectivity index (χ3n) is 6.12. The summed E-state index contributed by atoms with van der Waals surface area (Å²) >= 11 is 0. The zero-order chi connectivity index (χ0) is 27.2. The van der Waals surface area contributed by atoms with E-state index in [4.69, 9.17) is 4.74 Å². The topological polar surface area (TPSA) is 96.0 Å². The molecule has 0 aliphatic heterocycles. The van der Waals surface area contributed by atoms with Crippen molar-refractivity contribution in [3.63, 3.8) is 0 Å². The predicted molar refractivity (Wildman–Crippen MR) is 144 cm³/mol. The smallest absolute Gasteiger partial charge is 0.264 e. The first-order valence-electron chi connectivity index (χ1n) is 11.9. The Morgan fingerprint density at radius 1 is 0.946 bits per heavy atom. The Hall–Kier alpha value is -3.85. The van der Waals surface area contributed by atoms with Crippen LogP contribution in [0.25, 0.3) is 0 Å². The molecular weight excluding hydrogens is 490 g/mol. The first kappa shape index (κ1) is 27.7. The predicted octanol–water partition coefficient (Wildman–Crippen LogP) is 3.67. The Balaban J connectivity index is 2.04. The minimum atomic E-state index is -4.12. The van der Waals surface area contributed by atoms with Gasteiger partial charge in [0.25, 0.3) is 10.0 Å². The molecule has 0 aromatic heterocycles. The number of aryl methyl sites for hydroxylation is 2. The largest absolute Gasteiger partial charge is 0.497 e. The first-order chi connectivity index (χ1) is 17.6. The van der Waals surface area contributed by atoms with Gasteiger partial charge in [-0.3, -0.25) is 13.9 Å². The lowest BCUT2D eigenvalue weighted by Gasteiger charge is -2.32. The quantitative estimate of drug-likeness (QED) is 0.438. The molecule has 0 aliphatic rings. The van der Waals surface area contributed by atoms with E-state index in [1.165, 1.54) is 31.2 Å². The number of hydrogen-bond acceptors (Lipinski definition) is 5. The number of carbonyl (C=O) groups is 2. The molecule has 0 saturated heterocycles. The fourth-order valence-corrected chi connectivity index (χ4v) is 5.22. The van der Waals surface area contributed by atoms with Crippen LogP contribution in [0.2, 0.25) is 0 Å². The summed E-state index contributed by atoms with van der Waals surface area (Å²) in [6, 6.07) is 19.7. The maximum Gasteiger partial charge on any atom is 0.264 e. The zero-order valence-electron chi connectivity index (χ0n) is 21.8. The van der Waals surface area contributed by atoms with Gasteiger partial charge in [-0.1, -0.05) is 53.6 Å². The Bertz CT molecular complexity index is 1340. The summed E-state index contributed by atoms with van der Waals surface area (Å²) in [5, 5.41) is 2.58. The molecule has 0 heterocycles. The van der Waals surface area contributed by atoms with Gasteiger partial charge in [-0.25, -0.2) is 8.42 Å². The summed E-state index contributed by atoms with van der Waals surface area (Å²) in [5.74, 6) is -0.422. The van der Waals surface area contributed by atoms with E-state index in [9.17, 15) is 18.0 Å². The second-order valence-corrected chi connectivity index (χ2v) is 10.7. The Morgan fingerprint density at radius 3 is 2.11 bits per heavy atom. The molecule has 0 unspecified atom stereocenters. The van der Waals surface area contributed by atoms with Crippen molar-refractivity contribution in [3.8, 4) is 5.75 Å². The molecule has 2 amide bonds. The van der Waals surface area contributed by atoms with Crippen LogP contribution in [0.3, 0.4) is 0 Å². The van der Waals surface area contributed by atoms with Gasteiger partial charge in [-0.15, -0.1) is 0 Å². The van der Waals surface area contributed by atoms with Crippen molar-refractivity contribution in [3.05, 3.63) is 89.5 Å². The lowest BCUT2D eigenvalue weighted by atomic mass is 10.1. The second-order valence-electron chi connectivity index (χ2n) is 8.82. The highest BCUT2D eigenvalue weighted by Crippen LogP contribution is 2.28. The molecule has 0 saturated carbocycles. The minimum absolute atomic E-state index is 0.0538. The van der Waals surface area contributed by atoms with E-state index in [0.717, 1.165) is 21.0 Å². The Morgan fingerprint density at radius 2 is 1.54 bits per heavy atom. The molecule has 8 nitrogen and oxygen atoms in total. The summed E-state index contributed by atoms with van der Waals surface area (Å²) < 4.78 is 33.9. The van der Waals surface area contributed by atoms with Crippen molar-refractivity contribution in [2.45, 2.75) is 38.3 Å². The molecule has 3 aromatic carbocycles. The van der Waals surface area contributed by atoms with Crippen LogP contribution in [0, 0.1) is 13.8 Å². The van der Waals surface area contributed by atoms with Crippen LogP contribution in [0.1, 0.15) is 23.6 Å². The first-order valence-corrected chi connectivity index (χ1v) is 13.3. The molecular formula is C28H33N3O5S. The molecule has 0 fully saturated rings. The highest BCUT2D eigenvalue weighted by atomic mass is 32.2. The van der Waals surface area contributed by atoms with Crippen molar-refractivity contribution in [2.24, 2.45) is 0 Å². The van der Waals surface area contributed by atoms with Crippen molar-refractivity contribution in [1.29, 1.82) is 0 Å². The standard InChI is InChI=1S/C28H33N3O5S/c1-20-9-13-23(14-10-20)18-30(22(3)28(33)29-4)27(32)19-31(24-7-6-8-25(17-24)36-5)37(34,35)26-15-11-21(2)12-16-26/h6-17,22H,18-19H2,1-5H3,(H,29,33)/t22-/m0/s1. The number of methoxy groups -OCH3 is 1. The van der Waals surface area contributed by atoms with Crippen LogP contribution in [0.4, 0.5) is 5.69 Å². The molecule has 3 rings (SSSR count). The van der Waals surface area contributed by atoms with E-state index < -0.39 is 28.5 Å². The number of amides is 2. The van der Waals surface area contributed by atoms with E-state index in [-0.39, 0.29) is 23.0 Å². The normalized spacial score (nSPS) is 11.9. The third kappa shape index (κ3) is 6.68. The Labute approximate surface area is 218 Å². The van der Waals surface area contributed by atoms with Gasteiger partial charge in [0.05, 0.1) is 17.7 Å². The van der Waals surface area contributed by atoms with Crippen LogP contribution in [-0.4, -0.2) is 51.9 Å². The fraction of sp³-hybridized carbons (Fsp3) is 0.286. The molecule has 0 aliphatic carbocycles. The van der Waals surface area contributed by atoms with Crippen LogP contribution in [0.5, 0.6) is 5.75 Å². The summed E-state index contributed by atoms with van der Waals surface area (Å²) in [7, 11) is -1.14. The average Bonchev–Trinajstić information content (AvgIpc) is 2.90. The maximum atomic E-state index is 13.8. The zero-order valence-corrected chi connectivity index (χ0v) is 22.6. The minimum Gasteiger partial charge on any atom is -0.497 e. The van der Waals surface area contributed by atoms with E-state index in [0.29, 0.717) is 5.75 Å². The highest BCUT2D eigenvalue weighted by Gasteiger charge is 2.32. The molecule has 0 radical (unpaired) electrons. The summed E-state index contributed by atoms with van der Waals surface area (Å²) in [4.78, 5) is 27.7. The van der Waals surface area contributed by atoms with Crippen molar-refractivity contribution < 1.29 is 22.7 Å². The highest BCUT2D eigenvalue weighted by molar-refractivity contribution is 7.92. The van der Waals surface area contributed by atoms with Gasteiger partial charge >= 0.3 is 0 Å². The number of rotatable bonds is 10. The molecule has 196 valence electrons. The van der Waals surface area contributed by atoms with E-state index in [1.54, 1.807) is 43.3 Å². The van der Waals surface area contributed by atoms with Crippen molar-refractivity contribution in [2.75, 3.05) is 25.0 Å². The molecule has 9 heteroatoms. The van der Waals surface area contributed by atoms with Crippen LogP contribution >= 0.6 is 0 Å². The van der Waals surface area contributed by atoms with Gasteiger partial charge in [0, 0.05) is 19.7 Å². The number of nitrogens with one attached hydrogen (secondary N) is 1. The number of ether oxygens (including phenoxy) is 1. The van der Waals surface area contributed by atoms with Crippen LogP contribution in [-0.2, 0) is 26.2 Å². The average molecular weight is 524 g/mol. The van der Waals surface area contributed by atoms with Crippen LogP contribution < -0.4 is 14.4 Å². The SMILES string of the molecule is CNC(=O)[C@H](C)N(Cc1ccc(C)cc1)C(=O)CN(c1cccc(OC)c1)S(=O)(=O)c1ccc(C)cc1. The van der Waals surface area contributed by atoms with Gasteiger partial charge < -0.3 is 15.0 Å². The van der Waals surface area contributed by atoms with Gasteiger partial charge in [-0.05, 0) is 50.6 Å². The van der Waals surface area contributed by atoms with E-state index in [2.05, 4.69) is 5.32 Å². The molecule has 1 atom stereocenters. The summed E-state index contributed by atoms with van der Waals surface area (Å²) in [6.07, 6.45) is 0. The van der Waals surface area contributed by atoms with E-state index >= 15 is 0 Å². The number of hydrogen-bond donors (Lipinski definition) is 1. The van der Waals surface area contributed by atoms with Gasteiger partial charge in [0.2, 0.25) is 11.8 Å². The number of anilines is 1. The van der Waals surface area contributed by atoms with Gasteiger partial charge in [0.1, 0.15) is 18.3 Å². The monoisotopic (exact) mass is 523 g/mol. The fourth-order valence-electron chi connectivity index (χ4n) is 3.81. The Kier molecular flexibility index (Phi) is 8.94. The van der Waals surface area contributed by atoms with Crippen LogP contribution in [0.15, 0.2) is 77.7 Å². The van der Waals surface area contributed by atoms with Crippen molar-refractivity contribution in [1.82, 2.24) is 10.2 Å².